The number of fused-ring (bicyclic) bond motifs is 2. The Labute approximate surface area is 161 Å². The van der Waals surface area contributed by atoms with Crippen LogP contribution in [-0.4, -0.2) is 18.4 Å². The van der Waals surface area contributed by atoms with Gasteiger partial charge in [-0.05, 0) is 42.7 Å². The molecule has 0 saturated heterocycles. The summed E-state index contributed by atoms with van der Waals surface area (Å²) in [6.45, 7) is -0.130. The van der Waals surface area contributed by atoms with Crippen molar-refractivity contribution in [2.45, 2.75) is 25.7 Å². The molecule has 0 radical (unpaired) electrons. The SMILES string of the molecule is NC(=O)c1c(NC(=O)COc2cccc3ccccc23)sc2c1CCCC2. The summed E-state index contributed by atoms with van der Waals surface area (Å²) in [5.74, 6) is -0.132. The maximum Gasteiger partial charge on any atom is 0.262 e. The topological polar surface area (TPSA) is 81.4 Å². The molecule has 0 atom stereocenters. The predicted molar refractivity (Wildman–Crippen MR) is 108 cm³/mol. The van der Waals surface area contributed by atoms with Gasteiger partial charge in [-0.15, -0.1) is 11.3 Å². The number of hydrogen-bond donors (Lipinski definition) is 2. The van der Waals surface area contributed by atoms with E-state index in [-0.39, 0.29) is 12.5 Å². The molecule has 6 heteroatoms. The molecular weight excluding hydrogens is 360 g/mol. The van der Waals surface area contributed by atoms with Gasteiger partial charge in [0, 0.05) is 10.3 Å². The molecule has 3 N–H and O–H groups in total. The first-order valence-electron chi connectivity index (χ1n) is 8.98. The normalized spacial score (nSPS) is 13.2. The second-order valence-corrected chi connectivity index (χ2v) is 7.70. The van der Waals surface area contributed by atoms with E-state index >= 15 is 0 Å². The molecule has 0 unspecified atom stereocenters. The lowest BCUT2D eigenvalue weighted by Crippen LogP contribution is -2.22. The monoisotopic (exact) mass is 380 g/mol. The van der Waals surface area contributed by atoms with Gasteiger partial charge in [-0.1, -0.05) is 36.4 Å². The van der Waals surface area contributed by atoms with Crippen molar-refractivity contribution < 1.29 is 14.3 Å². The molecule has 4 rings (SSSR count). The minimum absolute atomic E-state index is 0.130. The van der Waals surface area contributed by atoms with E-state index in [1.165, 1.54) is 11.3 Å². The lowest BCUT2D eigenvalue weighted by Gasteiger charge is -2.11. The van der Waals surface area contributed by atoms with Crippen molar-refractivity contribution in [2.75, 3.05) is 11.9 Å². The Bertz CT molecular complexity index is 1020. The van der Waals surface area contributed by atoms with Crippen LogP contribution < -0.4 is 15.8 Å². The molecule has 2 aromatic carbocycles. The number of rotatable bonds is 5. The number of anilines is 1. The number of carbonyl (C=O) groups is 2. The molecule has 5 nitrogen and oxygen atoms in total. The Morgan fingerprint density at radius 1 is 1.07 bits per heavy atom. The quantitative estimate of drug-likeness (QED) is 0.704. The second kappa shape index (κ2) is 7.40. The highest BCUT2D eigenvalue weighted by atomic mass is 32.1. The largest absolute Gasteiger partial charge is 0.483 e. The van der Waals surface area contributed by atoms with Crippen LogP contribution in [-0.2, 0) is 17.6 Å². The van der Waals surface area contributed by atoms with Crippen LogP contribution in [0.25, 0.3) is 10.8 Å². The predicted octanol–water partition coefficient (Wildman–Crippen LogP) is 3.90. The molecule has 0 spiro atoms. The third-order valence-electron chi connectivity index (χ3n) is 4.78. The average Bonchev–Trinajstić information content (AvgIpc) is 3.04. The van der Waals surface area contributed by atoms with Crippen LogP contribution >= 0.6 is 11.3 Å². The van der Waals surface area contributed by atoms with Crippen LogP contribution in [0, 0.1) is 0 Å². The molecular formula is C21H20N2O3S. The minimum atomic E-state index is -0.486. The highest BCUT2D eigenvalue weighted by molar-refractivity contribution is 7.17. The maximum absolute atomic E-state index is 12.4. The van der Waals surface area contributed by atoms with Gasteiger partial charge >= 0.3 is 0 Å². The van der Waals surface area contributed by atoms with Gasteiger partial charge < -0.3 is 15.8 Å². The van der Waals surface area contributed by atoms with Gasteiger partial charge in [0.25, 0.3) is 11.8 Å². The zero-order valence-electron chi connectivity index (χ0n) is 14.8. The smallest absolute Gasteiger partial charge is 0.262 e. The fourth-order valence-corrected chi connectivity index (χ4v) is 4.85. The number of primary amides is 1. The van der Waals surface area contributed by atoms with Crippen molar-refractivity contribution in [3.63, 3.8) is 0 Å². The molecule has 1 heterocycles. The number of benzene rings is 2. The van der Waals surface area contributed by atoms with Crippen molar-refractivity contribution in [2.24, 2.45) is 5.73 Å². The third-order valence-corrected chi connectivity index (χ3v) is 5.99. The lowest BCUT2D eigenvalue weighted by atomic mass is 9.95. The fraction of sp³-hybridized carbons (Fsp3) is 0.238. The standard InChI is InChI=1S/C21H20N2O3S/c22-20(25)19-15-9-3-4-11-17(15)27-21(19)23-18(24)12-26-16-10-5-7-13-6-1-2-8-14(13)16/h1-2,5-8,10H,3-4,9,11-12H2,(H2,22,25)(H,23,24). The van der Waals surface area contributed by atoms with E-state index in [2.05, 4.69) is 5.32 Å². The number of ether oxygens (including phenoxy) is 1. The average molecular weight is 380 g/mol. The van der Waals surface area contributed by atoms with Crippen molar-refractivity contribution in [1.29, 1.82) is 0 Å². The Morgan fingerprint density at radius 2 is 1.85 bits per heavy atom. The van der Waals surface area contributed by atoms with Crippen LogP contribution in [0.3, 0.4) is 0 Å². The molecule has 0 aliphatic heterocycles. The first-order chi connectivity index (χ1) is 13.1. The second-order valence-electron chi connectivity index (χ2n) is 6.59. The van der Waals surface area contributed by atoms with Crippen molar-refractivity contribution >= 4 is 38.9 Å². The number of carbonyl (C=O) groups excluding carboxylic acids is 2. The molecule has 1 aliphatic rings. The Balaban J connectivity index is 1.50. The lowest BCUT2D eigenvalue weighted by molar-refractivity contribution is -0.118. The van der Waals surface area contributed by atoms with E-state index in [0.29, 0.717) is 16.3 Å². The van der Waals surface area contributed by atoms with Crippen LogP contribution in [0.4, 0.5) is 5.00 Å². The molecule has 138 valence electrons. The van der Waals surface area contributed by atoms with E-state index < -0.39 is 5.91 Å². The Hall–Kier alpha value is -2.86. The van der Waals surface area contributed by atoms with Gasteiger partial charge in [0.05, 0.1) is 5.56 Å². The van der Waals surface area contributed by atoms with E-state index in [1.54, 1.807) is 0 Å². The number of thiophene rings is 1. The summed E-state index contributed by atoms with van der Waals surface area (Å²) >= 11 is 1.45. The van der Waals surface area contributed by atoms with E-state index in [1.807, 2.05) is 42.5 Å². The first-order valence-corrected chi connectivity index (χ1v) is 9.80. The summed E-state index contributed by atoms with van der Waals surface area (Å²) in [4.78, 5) is 25.5. The molecule has 0 bridgehead atoms. The van der Waals surface area contributed by atoms with Crippen LogP contribution in [0.1, 0.15) is 33.6 Å². The van der Waals surface area contributed by atoms with Gasteiger partial charge in [-0.25, -0.2) is 0 Å². The highest BCUT2D eigenvalue weighted by Gasteiger charge is 2.25. The molecule has 1 aliphatic carbocycles. The molecule has 0 fully saturated rings. The number of amides is 2. The van der Waals surface area contributed by atoms with E-state index in [4.69, 9.17) is 10.5 Å². The van der Waals surface area contributed by atoms with Crippen LogP contribution in [0.5, 0.6) is 5.75 Å². The van der Waals surface area contributed by atoms with Crippen LogP contribution in [0.2, 0.25) is 0 Å². The zero-order valence-corrected chi connectivity index (χ0v) is 15.6. The van der Waals surface area contributed by atoms with Crippen molar-refractivity contribution in [3.8, 4) is 5.75 Å². The minimum Gasteiger partial charge on any atom is -0.483 e. The number of nitrogens with one attached hydrogen (secondary N) is 1. The summed E-state index contributed by atoms with van der Waals surface area (Å²) < 4.78 is 5.73. The molecule has 2 amide bonds. The van der Waals surface area contributed by atoms with E-state index in [9.17, 15) is 9.59 Å². The van der Waals surface area contributed by atoms with Gasteiger partial charge in [0.2, 0.25) is 0 Å². The first kappa shape index (κ1) is 17.5. The third kappa shape index (κ3) is 3.53. The van der Waals surface area contributed by atoms with Crippen molar-refractivity contribution in [3.05, 3.63) is 58.5 Å². The van der Waals surface area contributed by atoms with Gasteiger partial charge in [-0.3, -0.25) is 9.59 Å². The van der Waals surface area contributed by atoms with Gasteiger partial charge in [0.15, 0.2) is 6.61 Å². The summed E-state index contributed by atoms with van der Waals surface area (Å²) in [6, 6.07) is 13.6. The highest BCUT2D eigenvalue weighted by Crippen LogP contribution is 2.37. The molecule has 3 aromatic rings. The summed E-state index contributed by atoms with van der Waals surface area (Å²) in [5.41, 5.74) is 7.04. The van der Waals surface area contributed by atoms with Gasteiger partial charge in [0.1, 0.15) is 10.8 Å². The zero-order chi connectivity index (χ0) is 18.8. The van der Waals surface area contributed by atoms with Crippen molar-refractivity contribution in [1.82, 2.24) is 0 Å². The fourth-order valence-electron chi connectivity index (χ4n) is 3.54. The van der Waals surface area contributed by atoms with Gasteiger partial charge in [-0.2, -0.15) is 0 Å². The Kier molecular flexibility index (Phi) is 4.81. The summed E-state index contributed by atoms with van der Waals surface area (Å²) in [7, 11) is 0. The maximum atomic E-state index is 12.4. The Morgan fingerprint density at radius 3 is 2.70 bits per heavy atom. The number of nitrogens with two attached hydrogens (primary N) is 1. The van der Waals surface area contributed by atoms with E-state index in [0.717, 1.165) is 46.9 Å². The summed E-state index contributed by atoms with van der Waals surface area (Å²) in [5, 5.41) is 5.37. The molecule has 0 saturated carbocycles. The van der Waals surface area contributed by atoms with Crippen LogP contribution in [0.15, 0.2) is 42.5 Å². The number of hydrogen-bond acceptors (Lipinski definition) is 4. The number of aryl methyl sites for hydroxylation is 1. The molecule has 27 heavy (non-hydrogen) atoms. The molecule has 1 aromatic heterocycles. The summed E-state index contributed by atoms with van der Waals surface area (Å²) in [6.07, 6.45) is 3.92.